The van der Waals surface area contributed by atoms with Crippen LogP contribution in [-0.4, -0.2) is 81.6 Å². The lowest BCUT2D eigenvalue weighted by molar-refractivity contribution is 0.0555. The summed E-state index contributed by atoms with van der Waals surface area (Å²) in [4.78, 5) is 25.9. The van der Waals surface area contributed by atoms with Crippen molar-refractivity contribution < 1.29 is 31.7 Å². The standard InChI is InChI=1S/C17H30N4O7S/c1-17(2,3)28-15(22)20-14(18)13(11-5-7-19-8-6-11)21-9-12(27-16(21)23)10-26-29(4,24)25/h11-13,19H,5-10H2,1-4H3,(H2,18,20,22). The molecule has 0 spiro atoms. The summed E-state index contributed by atoms with van der Waals surface area (Å²) in [5.74, 6) is -0.228. The minimum absolute atomic E-state index is 0.0569. The fourth-order valence-corrected chi connectivity index (χ4v) is 3.75. The number of cyclic esters (lactones) is 1. The zero-order valence-corrected chi connectivity index (χ0v) is 18.0. The van der Waals surface area contributed by atoms with E-state index >= 15 is 0 Å². The van der Waals surface area contributed by atoms with Gasteiger partial charge in [-0.1, -0.05) is 0 Å². The van der Waals surface area contributed by atoms with Crippen LogP contribution in [0.5, 0.6) is 0 Å². The molecule has 12 heteroatoms. The maximum Gasteiger partial charge on any atom is 0.413 e. The highest BCUT2D eigenvalue weighted by Gasteiger charge is 2.42. The molecule has 0 aromatic carbocycles. The third-order valence-corrected chi connectivity index (χ3v) is 5.03. The molecule has 2 unspecified atom stereocenters. The third kappa shape index (κ3) is 7.44. The highest BCUT2D eigenvalue weighted by molar-refractivity contribution is 7.85. The molecule has 2 heterocycles. The predicted octanol–water partition coefficient (Wildman–Crippen LogP) is 0.654. The van der Waals surface area contributed by atoms with Gasteiger partial charge in [0.25, 0.3) is 10.1 Å². The minimum atomic E-state index is -3.67. The van der Waals surface area contributed by atoms with Gasteiger partial charge in [0.1, 0.15) is 24.1 Å². The Morgan fingerprint density at radius 2 is 2.00 bits per heavy atom. The molecule has 3 N–H and O–H groups in total. The molecular weight excluding hydrogens is 404 g/mol. The number of carbonyl (C=O) groups is 2. The smallest absolute Gasteiger partial charge is 0.413 e. The Morgan fingerprint density at radius 1 is 1.38 bits per heavy atom. The van der Waals surface area contributed by atoms with Gasteiger partial charge in [-0.2, -0.15) is 8.42 Å². The van der Waals surface area contributed by atoms with Gasteiger partial charge in [0.2, 0.25) is 0 Å². The third-order valence-electron chi connectivity index (χ3n) is 4.47. The van der Waals surface area contributed by atoms with Crippen LogP contribution in [0.3, 0.4) is 0 Å². The Balaban J connectivity index is 2.12. The molecule has 2 fully saturated rings. The zero-order chi connectivity index (χ0) is 21.8. The molecule has 29 heavy (non-hydrogen) atoms. The lowest BCUT2D eigenvalue weighted by atomic mass is 9.88. The number of alkyl carbamates (subject to hydrolysis) is 1. The van der Waals surface area contributed by atoms with E-state index in [1.165, 1.54) is 4.90 Å². The molecule has 2 atom stereocenters. The van der Waals surface area contributed by atoms with Gasteiger partial charge in [0.05, 0.1) is 18.8 Å². The van der Waals surface area contributed by atoms with Crippen molar-refractivity contribution in [1.29, 1.82) is 5.41 Å². The fourth-order valence-electron chi connectivity index (χ4n) is 3.35. The van der Waals surface area contributed by atoms with Crippen molar-refractivity contribution in [3.8, 4) is 0 Å². The number of hydrogen-bond donors (Lipinski definition) is 3. The van der Waals surface area contributed by atoms with Gasteiger partial charge in [-0.15, -0.1) is 0 Å². The molecular formula is C17H30N4O7S. The average Bonchev–Trinajstić information content (AvgIpc) is 2.92. The highest BCUT2D eigenvalue weighted by Crippen LogP contribution is 2.26. The summed E-state index contributed by atoms with van der Waals surface area (Å²) in [7, 11) is -3.67. The Kier molecular flexibility index (Phi) is 7.46. The predicted molar refractivity (Wildman–Crippen MR) is 104 cm³/mol. The summed E-state index contributed by atoms with van der Waals surface area (Å²) in [5.41, 5.74) is -0.727. The van der Waals surface area contributed by atoms with Crippen LogP contribution >= 0.6 is 0 Å². The van der Waals surface area contributed by atoms with E-state index in [4.69, 9.17) is 19.1 Å². The Bertz CT molecular complexity index is 729. The van der Waals surface area contributed by atoms with E-state index in [-0.39, 0.29) is 24.9 Å². The molecule has 2 aliphatic rings. The molecule has 0 bridgehead atoms. The second-order valence-electron chi connectivity index (χ2n) is 8.22. The minimum Gasteiger partial charge on any atom is -0.444 e. The largest absolute Gasteiger partial charge is 0.444 e. The molecule has 0 aliphatic carbocycles. The average molecular weight is 435 g/mol. The summed E-state index contributed by atoms with van der Waals surface area (Å²) in [6.07, 6.45) is 0.0992. The fraction of sp³-hybridized carbons (Fsp3) is 0.824. The van der Waals surface area contributed by atoms with Gasteiger partial charge in [-0.3, -0.25) is 19.8 Å². The second kappa shape index (κ2) is 9.26. The topological polar surface area (TPSA) is 147 Å². The van der Waals surface area contributed by atoms with Crippen molar-refractivity contribution in [3.63, 3.8) is 0 Å². The number of ether oxygens (including phenoxy) is 2. The van der Waals surface area contributed by atoms with Gasteiger partial charge in [0.15, 0.2) is 0 Å². The van der Waals surface area contributed by atoms with Gasteiger partial charge in [0, 0.05) is 0 Å². The van der Waals surface area contributed by atoms with E-state index in [1.807, 2.05) is 0 Å². The van der Waals surface area contributed by atoms with Crippen molar-refractivity contribution in [1.82, 2.24) is 15.5 Å². The first-order chi connectivity index (χ1) is 13.4. The highest BCUT2D eigenvalue weighted by atomic mass is 32.2. The molecule has 0 radical (unpaired) electrons. The Labute approximate surface area is 171 Å². The Hall–Kier alpha value is -1.92. The van der Waals surface area contributed by atoms with E-state index in [9.17, 15) is 18.0 Å². The lowest BCUT2D eigenvalue weighted by Gasteiger charge is -2.35. The normalized spacial score (nSPS) is 22.1. The van der Waals surface area contributed by atoms with Crippen LogP contribution in [0.1, 0.15) is 33.6 Å². The lowest BCUT2D eigenvalue weighted by Crippen LogP contribution is -2.55. The van der Waals surface area contributed by atoms with E-state index < -0.39 is 40.1 Å². The molecule has 0 saturated carbocycles. The number of rotatable bonds is 6. The number of piperidine rings is 1. The van der Waals surface area contributed by atoms with Crippen LogP contribution in [0.25, 0.3) is 0 Å². The van der Waals surface area contributed by atoms with Gasteiger partial charge in [-0.05, 0) is 52.6 Å². The van der Waals surface area contributed by atoms with Crippen LogP contribution < -0.4 is 10.6 Å². The number of carbonyl (C=O) groups excluding carboxylic acids is 2. The van der Waals surface area contributed by atoms with Crippen LogP contribution in [0.4, 0.5) is 9.59 Å². The molecule has 2 rings (SSSR count). The SMILES string of the molecule is CC(C)(C)OC(=O)NC(=N)C(C1CCNCC1)N1CC(COS(C)(=O)=O)OC1=O. The van der Waals surface area contributed by atoms with Gasteiger partial charge in [-0.25, -0.2) is 9.59 Å². The molecule has 11 nitrogen and oxygen atoms in total. The van der Waals surface area contributed by atoms with Crippen LogP contribution in [0.15, 0.2) is 0 Å². The molecule has 2 saturated heterocycles. The van der Waals surface area contributed by atoms with E-state index in [2.05, 4.69) is 10.6 Å². The number of amidine groups is 1. The van der Waals surface area contributed by atoms with E-state index in [0.29, 0.717) is 12.8 Å². The molecule has 0 aromatic heterocycles. The van der Waals surface area contributed by atoms with Crippen LogP contribution in [-0.2, 0) is 23.8 Å². The molecule has 2 amide bonds. The molecule has 0 aromatic rings. The Morgan fingerprint density at radius 3 is 2.55 bits per heavy atom. The maximum atomic E-state index is 12.5. The quantitative estimate of drug-likeness (QED) is 0.314. The molecule has 166 valence electrons. The van der Waals surface area contributed by atoms with Crippen molar-refractivity contribution in [2.75, 3.05) is 32.5 Å². The zero-order valence-electron chi connectivity index (χ0n) is 17.2. The monoisotopic (exact) mass is 434 g/mol. The summed E-state index contributed by atoms with van der Waals surface area (Å²) in [5, 5.41) is 14.1. The number of hydrogen-bond acceptors (Lipinski definition) is 9. The number of amides is 2. The summed E-state index contributed by atoms with van der Waals surface area (Å²) in [6, 6.07) is -0.722. The second-order valence-corrected chi connectivity index (χ2v) is 9.86. The van der Waals surface area contributed by atoms with Crippen LogP contribution in [0, 0.1) is 11.3 Å². The number of nitrogens with zero attached hydrogens (tertiary/aromatic N) is 1. The van der Waals surface area contributed by atoms with Crippen molar-refractivity contribution in [3.05, 3.63) is 0 Å². The van der Waals surface area contributed by atoms with Gasteiger partial charge >= 0.3 is 12.2 Å². The summed E-state index contributed by atoms with van der Waals surface area (Å²) in [6.45, 7) is 6.35. The maximum absolute atomic E-state index is 12.5. The van der Waals surface area contributed by atoms with Crippen LogP contribution in [0.2, 0.25) is 0 Å². The first kappa shape index (κ1) is 23.4. The van der Waals surface area contributed by atoms with Crippen molar-refractivity contribution >= 4 is 28.1 Å². The van der Waals surface area contributed by atoms with Crippen molar-refractivity contribution in [2.24, 2.45) is 5.92 Å². The summed E-state index contributed by atoms with van der Waals surface area (Å²) >= 11 is 0. The first-order valence-electron chi connectivity index (χ1n) is 9.46. The number of nitrogens with one attached hydrogen (secondary N) is 3. The van der Waals surface area contributed by atoms with E-state index in [0.717, 1.165) is 19.3 Å². The first-order valence-corrected chi connectivity index (χ1v) is 11.3. The van der Waals surface area contributed by atoms with Crippen molar-refractivity contribution in [2.45, 2.75) is 51.4 Å². The van der Waals surface area contributed by atoms with E-state index in [1.54, 1.807) is 20.8 Å². The summed E-state index contributed by atoms with van der Waals surface area (Å²) < 4.78 is 37.6. The van der Waals surface area contributed by atoms with Gasteiger partial charge < -0.3 is 14.8 Å². The molecule has 2 aliphatic heterocycles.